The number of benzene rings is 3. The molecule has 0 aliphatic carbocycles. The van der Waals surface area contributed by atoms with E-state index in [-0.39, 0.29) is 0 Å². The van der Waals surface area contributed by atoms with Crippen LogP contribution in [0.15, 0.2) is 66.7 Å². The molecule has 4 rings (SSSR count). The second-order valence-electron chi connectivity index (χ2n) is 6.73. The number of imidazole rings is 1. The van der Waals surface area contributed by atoms with Crippen LogP contribution in [0, 0.1) is 0 Å². The molecule has 1 heterocycles. The van der Waals surface area contributed by atoms with Crippen LogP contribution < -0.4 is 10.1 Å². The summed E-state index contributed by atoms with van der Waals surface area (Å²) in [5.74, 6) is 1.60. The predicted octanol–water partition coefficient (Wildman–Crippen LogP) is 6.73. The standard InChI is InChI=1S/C23H21Cl2N3O/c1-2-13-29-20-10-8-19(9-11-20)28-22-14-18(25)7-12-21(22)27-23(28)26-15-16-3-5-17(24)6-4-16/h3-12,14H,2,13,15H2,1H3,(H,26,27). The van der Waals surface area contributed by atoms with Gasteiger partial charge in [-0.25, -0.2) is 4.98 Å². The summed E-state index contributed by atoms with van der Waals surface area (Å²) in [7, 11) is 0. The monoisotopic (exact) mass is 425 g/mol. The Balaban J connectivity index is 1.69. The number of hydrogen-bond acceptors (Lipinski definition) is 3. The van der Waals surface area contributed by atoms with Crippen LogP contribution >= 0.6 is 23.2 Å². The van der Waals surface area contributed by atoms with Gasteiger partial charge in [0.1, 0.15) is 5.75 Å². The van der Waals surface area contributed by atoms with Crippen molar-refractivity contribution in [2.45, 2.75) is 19.9 Å². The fourth-order valence-electron chi connectivity index (χ4n) is 3.12. The molecular weight excluding hydrogens is 405 g/mol. The van der Waals surface area contributed by atoms with E-state index in [9.17, 15) is 0 Å². The SMILES string of the molecule is CCCOc1ccc(-n2c(NCc3ccc(Cl)cc3)nc3ccc(Cl)cc32)cc1. The first-order valence-electron chi connectivity index (χ1n) is 9.53. The fourth-order valence-corrected chi connectivity index (χ4v) is 3.42. The first-order chi connectivity index (χ1) is 14.1. The predicted molar refractivity (Wildman–Crippen MR) is 121 cm³/mol. The van der Waals surface area contributed by atoms with Crippen LogP contribution in [0.25, 0.3) is 16.7 Å². The molecule has 3 aromatic carbocycles. The van der Waals surface area contributed by atoms with Crippen LogP contribution in [0.1, 0.15) is 18.9 Å². The van der Waals surface area contributed by atoms with Gasteiger partial charge >= 0.3 is 0 Å². The molecule has 6 heteroatoms. The Morgan fingerprint density at radius 2 is 1.66 bits per heavy atom. The van der Waals surface area contributed by atoms with Crippen LogP contribution in [-0.4, -0.2) is 16.2 Å². The van der Waals surface area contributed by atoms with Gasteiger partial charge in [-0.2, -0.15) is 0 Å². The Kier molecular flexibility index (Phi) is 5.93. The first-order valence-corrected chi connectivity index (χ1v) is 10.3. The second kappa shape index (κ2) is 8.76. The Bertz CT molecular complexity index is 1110. The third kappa shape index (κ3) is 4.50. The smallest absolute Gasteiger partial charge is 0.208 e. The van der Waals surface area contributed by atoms with E-state index in [2.05, 4.69) is 16.8 Å². The summed E-state index contributed by atoms with van der Waals surface area (Å²) >= 11 is 12.3. The van der Waals surface area contributed by atoms with Gasteiger partial charge in [0, 0.05) is 22.3 Å². The third-order valence-electron chi connectivity index (χ3n) is 4.55. The molecule has 0 spiro atoms. The summed E-state index contributed by atoms with van der Waals surface area (Å²) in [6, 6.07) is 21.5. The van der Waals surface area contributed by atoms with Crippen molar-refractivity contribution in [3.8, 4) is 11.4 Å². The molecule has 0 saturated heterocycles. The lowest BCUT2D eigenvalue weighted by atomic mass is 10.2. The molecule has 4 aromatic rings. The fraction of sp³-hybridized carbons (Fsp3) is 0.174. The van der Waals surface area contributed by atoms with E-state index >= 15 is 0 Å². The minimum absolute atomic E-state index is 0.631. The number of aromatic nitrogens is 2. The van der Waals surface area contributed by atoms with Crippen molar-refractivity contribution in [3.63, 3.8) is 0 Å². The maximum atomic E-state index is 6.26. The molecule has 0 radical (unpaired) electrons. The number of nitrogens with one attached hydrogen (secondary N) is 1. The van der Waals surface area contributed by atoms with Crippen LogP contribution in [0.3, 0.4) is 0 Å². The maximum absolute atomic E-state index is 6.26. The number of halogens is 2. The zero-order valence-corrected chi connectivity index (χ0v) is 17.5. The highest BCUT2D eigenvalue weighted by Gasteiger charge is 2.13. The average molecular weight is 426 g/mol. The molecule has 1 N–H and O–H groups in total. The highest BCUT2D eigenvalue weighted by atomic mass is 35.5. The van der Waals surface area contributed by atoms with E-state index in [1.54, 1.807) is 0 Å². The van der Waals surface area contributed by atoms with Crippen LogP contribution in [0.2, 0.25) is 10.0 Å². The van der Waals surface area contributed by atoms with Gasteiger partial charge in [-0.05, 0) is 66.6 Å². The molecule has 0 aliphatic rings. The van der Waals surface area contributed by atoms with Gasteiger partial charge in [0.2, 0.25) is 5.95 Å². The zero-order chi connectivity index (χ0) is 20.2. The first kappa shape index (κ1) is 19.6. The highest BCUT2D eigenvalue weighted by Crippen LogP contribution is 2.28. The van der Waals surface area contributed by atoms with Gasteiger partial charge in [-0.15, -0.1) is 0 Å². The zero-order valence-electron chi connectivity index (χ0n) is 16.0. The normalized spacial score (nSPS) is 11.0. The molecular formula is C23H21Cl2N3O. The number of ether oxygens (including phenoxy) is 1. The summed E-state index contributed by atoms with van der Waals surface area (Å²) in [6.45, 7) is 3.43. The molecule has 0 saturated carbocycles. The topological polar surface area (TPSA) is 39.1 Å². The lowest BCUT2D eigenvalue weighted by molar-refractivity contribution is 0.317. The molecule has 29 heavy (non-hydrogen) atoms. The van der Waals surface area contributed by atoms with Crippen molar-refractivity contribution >= 4 is 40.2 Å². The van der Waals surface area contributed by atoms with Gasteiger partial charge in [-0.3, -0.25) is 4.57 Å². The Morgan fingerprint density at radius 3 is 2.38 bits per heavy atom. The number of anilines is 1. The van der Waals surface area contributed by atoms with E-state index in [4.69, 9.17) is 32.9 Å². The van der Waals surface area contributed by atoms with E-state index < -0.39 is 0 Å². The Hall–Kier alpha value is -2.69. The van der Waals surface area contributed by atoms with Crippen molar-refractivity contribution < 1.29 is 4.74 Å². The van der Waals surface area contributed by atoms with Gasteiger partial charge in [0.25, 0.3) is 0 Å². The Labute approximate surface area is 180 Å². The van der Waals surface area contributed by atoms with E-state index in [1.165, 1.54) is 0 Å². The molecule has 1 aromatic heterocycles. The van der Waals surface area contributed by atoms with Gasteiger partial charge in [0.15, 0.2) is 0 Å². The molecule has 0 bridgehead atoms. The molecule has 0 amide bonds. The van der Waals surface area contributed by atoms with Crippen LogP contribution in [-0.2, 0) is 6.54 Å². The third-order valence-corrected chi connectivity index (χ3v) is 5.04. The largest absolute Gasteiger partial charge is 0.494 e. The van der Waals surface area contributed by atoms with Crippen molar-refractivity contribution in [2.75, 3.05) is 11.9 Å². The van der Waals surface area contributed by atoms with Crippen LogP contribution in [0.4, 0.5) is 5.95 Å². The quantitative estimate of drug-likeness (QED) is 0.356. The van der Waals surface area contributed by atoms with E-state index in [1.807, 2.05) is 66.7 Å². The maximum Gasteiger partial charge on any atom is 0.208 e. The number of nitrogens with zero attached hydrogens (tertiary/aromatic N) is 2. The minimum atomic E-state index is 0.631. The summed E-state index contributed by atoms with van der Waals surface area (Å²) in [5, 5.41) is 4.83. The second-order valence-corrected chi connectivity index (χ2v) is 7.60. The average Bonchev–Trinajstić information content (AvgIpc) is 3.09. The summed E-state index contributed by atoms with van der Waals surface area (Å²) in [6.07, 6.45) is 0.977. The van der Waals surface area contributed by atoms with Crippen molar-refractivity contribution in [2.24, 2.45) is 0 Å². The summed E-state index contributed by atoms with van der Waals surface area (Å²) in [5.41, 5.74) is 3.92. The lowest BCUT2D eigenvalue weighted by Crippen LogP contribution is -2.06. The van der Waals surface area contributed by atoms with E-state index in [0.29, 0.717) is 18.2 Å². The molecule has 0 unspecified atom stereocenters. The molecule has 148 valence electrons. The van der Waals surface area contributed by atoms with Crippen molar-refractivity contribution in [1.29, 1.82) is 0 Å². The molecule has 0 atom stereocenters. The Morgan fingerprint density at radius 1 is 0.931 bits per heavy atom. The molecule has 0 fully saturated rings. The van der Waals surface area contributed by atoms with Crippen molar-refractivity contribution in [1.82, 2.24) is 9.55 Å². The van der Waals surface area contributed by atoms with Gasteiger partial charge in [0.05, 0.1) is 17.6 Å². The number of fused-ring (bicyclic) bond motifs is 1. The summed E-state index contributed by atoms with van der Waals surface area (Å²) in [4.78, 5) is 4.77. The highest BCUT2D eigenvalue weighted by molar-refractivity contribution is 6.31. The summed E-state index contributed by atoms with van der Waals surface area (Å²) < 4.78 is 7.78. The minimum Gasteiger partial charge on any atom is -0.494 e. The number of hydrogen-bond donors (Lipinski definition) is 1. The molecule has 4 nitrogen and oxygen atoms in total. The van der Waals surface area contributed by atoms with Gasteiger partial charge < -0.3 is 10.1 Å². The lowest BCUT2D eigenvalue weighted by Gasteiger charge is -2.12. The van der Waals surface area contributed by atoms with E-state index in [0.717, 1.165) is 45.4 Å². The van der Waals surface area contributed by atoms with Gasteiger partial charge in [-0.1, -0.05) is 42.3 Å². The number of rotatable bonds is 7. The van der Waals surface area contributed by atoms with Crippen LogP contribution in [0.5, 0.6) is 5.75 Å². The van der Waals surface area contributed by atoms with Crippen molar-refractivity contribution in [3.05, 3.63) is 82.3 Å². The molecule has 0 aliphatic heterocycles.